The summed E-state index contributed by atoms with van der Waals surface area (Å²) in [5.41, 5.74) is 2.90. The van der Waals surface area contributed by atoms with E-state index in [1.807, 2.05) is 0 Å². The van der Waals surface area contributed by atoms with Gasteiger partial charge in [-0.1, -0.05) is 24.6 Å². The van der Waals surface area contributed by atoms with Crippen LogP contribution in [-0.2, 0) is 4.74 Å². The predicted molar refractivity (Wildman–Crippen MR) is 105 cm³/mol. The second kappa shape index (κ2) is 5.57. The molecule has 1 spiro atoms. The van der Waals surface area contributed by atoms with Crippen molar-refractivity contribution in [2.75, 3.05) is 13.2 Å². The van der Waals surface area contributed by atoms with Crippen molar-refractivity contribution in [3.05, 3.63) is 23.8 Å². The van der Waals surface area contributed by atoms with Gasteiger partial charge < -0.3 is 9.84 Å². The maximum absolute atomic E-state index is 10.2. The minimum Gasteiger partial charge on any atom is -0.396 e. The lowest BCUT2D eigenvalue weighted by molar-refractivity contribution is -0.146. The molecular weight excluding hydrogens is 334 g/mol. The highest BCUT2D eigenvalue weighted by Crippen LogP contribution is 2.78. The molecule has 6 aliphatic rings. The number of hydrogen-bond acceptors (Lipinski definition) is 2. The van der Waals surface area contributed by atoms with Crippen LogP contribution in [0, 0.1) is 46.8 Å². The van der Waals surface area contributed by atoms with Gasteiger partial charge in [0.05, 0.1) is 12.2 Å². The van der Waals surface area contributed by atoms with Gasteiger partial charge in [0.1, 0.15) is 0 Å². The first-order valence-corrected chi connectivity index (χ1v) is 11.4. The van der Waals surface area contributed by atoms with Gasteiger partial charge in [0.25, 0.3) is 0 Å². The average molecular weight is 369 g/mol. The maximum atomic E-state index is 10.2. The van der Waals surface area contributed by atoms with Gasteiger partial charge in [-0.05, 0) is 74.0 Å². The van der Waals surface area contributed by atoms with E-state index in [2.05, 4.69) is 25.2 Å². The molecule has 5 aliphatic carbocycles. The summed E-state index contributed by atoms with van der Waals surface area (Å²) in [4.78, 5) is 0. The van der Waals surface area contributed by atoms with Crippen molar-refractivity contribution in [3.8, 4) is 0 Å². The Hall–Kier alpha value is -0.930. The number of hydrogen-bond donors (Lipinski definition) is 2. The fourth-order valence-electron chi connectivity index (χ4n) is 9.05. The molecule has 27 heavy (non-hydrogen) atoms. The lowest BCUT2D eigenvalue weighted by atomic mass is 9.46. The van der Waals surface area contributed by atoms with E-state index in [1.165, 1.54) is 44.1 Å². The fraction of sp³-hybridized carbons (Fsp3) is 0.792. The molecule has 0 aromatic rings. The number of ether oxygens (including phenoxy) is 1. The molecule has 7 unspecified atom stereocenters. The van der Waals surface area contributed by atoms with E-state index >= 15 is 0 Å². The summed E-state index contributed by atoms with van der Waals surface area (Å²) in [5, 5.41) is 16.4. The van der Waals surface area contributed by atoms with Gasteiger partial charge in [0.2, 0.25) is 0 Å². The van der Waals surface area contributed by atoms with Crippen molar-refractivity contribution in [2.45, 2.75) is 57.5 Å². The minimum absolute atomic E-state index is 0.0393. The summed E-state index contributed by atoms with van der Waals surface area (Å²) >= 11 is 0. The molecule has 146 valence electrons. The van der Waals surface area contributed by atoms with Gasteiger partial charge in [-0.3, -0.25) is 5.41 Å². The second-order valence-electron chi connectivity index (χ2n) is 10.4. The van der Waals surface area contributed by atoms with Crippen molar-refractivity contribution >= 4 is 5.71 Å². The third-order valence-electron chi connectivity index (χ3n) is 9.91. The van der Waals surface area contributed by atoms with Crippen LogP contribution in [0.15, 0.2) is 23.8 Å². The Bertz CT molecular complexity index is 741. The summed E-state index contributed by atoms with van der Waals surface area (Å²) < 4.78 is 6.58. The van der Waals surface area contributed by atoms with E-state index in [-0.39, 0.29) is 5.60 Å². The molecular formula is C24H34NO2+. The maximum Gasteiger partial charge on any atom is 0.172 e. The minimum atomic E-state index is 0.0393. The Balaban J connectivity index is 1.42. The molecule has 0 radical (unpaired) electrons. The zero-order valence-corrected chi connectivity index (χ0v) is 16.6. The number of aliphatic hydroxyl groups excluding tert-OH is 1. The molecule has 0 aromatic heterocycles. The molecule has 9 atom stereocenters. The first-order chi connectivity index (χ1) is 13.1. The summed E-state index contributed by atoms with van der Waals surface area (Å²) in [6.07, 6.45) is 15.7. The lowest BCUT2D eigenvalue weighted by Gasteiger charge is -2.59. The van der Waals surface area contributed by atoms with Crippen molar-refractivity contribution in [3.63, 3.8) is 0 Å². The van der Waals surface area contributed by atoms with Gasteiger partial charge in [-0.25, -0.2) is 0 Å². The Morgan fingerprint density at radius 2 is 2.11 bits per heavy atom. The lowest BCUT2D eigenvalue weighted by Crippen LogP contribution is -2.57. The van der Waals surface area contributed by atoms with Gasteiger partial charge >= 0.3 is 0 Å². The van der Waals surface area contributed by atoms with E-state index in [4.69, 9.17) is 10.1 Å². The molecule has 0 saturated heterocycles. The third kappa shape index (κ3) is 1.93. The highest BCUT2D eigenvalue weighted by molar-refractivity contribution is 5.91. The first kappa shape index (κ1) is 17.0. The summed E-state index contributed by atoms with van der Waals surface area (Å²) in [6, 6.07) is 0. The number of nitrogens with two attached hydrogens (primary N) is 1. The third-order valence-corrected chi connectivity index (χ3v) is 9.91. The van der Waals surface area contributed by atoms with Crippen LogP contribution < -0.4 is 5.41 Å². The quantitative estimate of drug-likeness (QED) is 0.736. The monoisotopic (exact) mass is 368 g/mol. The smallest absolute Gasteiger partial charge is 0.172 e. The topological polar surface area (TPSA) is 55.0 Å². The van der Waals surface area contributed by atoms with Crippen LogP contribution in [0.2, 0.25) is 0 Å². The van der Waals surface area contributed by atoms with Crippen molar-refractivity contribution in [1.29, 1.82) is 0 Å². The van der Waals surface area contributed by atoms with E-state index in [0.29, 0.717) is 23.9 Å². The largest absolute Gasteiger partial charge is 0.396 e. The Kier molecular flexibility index (Phi) is 3.50. The van der Waals surface area contributed by atoms with E-state index in [9.17, 15) is 5.11 Å². The second-order valence-corrected chi connectivity index (χ2v) is 10.4. The highest BCUT2D eigenvalue weighted by atomic mass is 16.5. The molecule has 0 aromatic carbocycles. The molecule has 6 rings (SSSR count). The van der Waals surface area contributed by atoms with Crippen LogP contribution >= 0.6 is 0 Å². The Morgan fingerprint density at radius 3 is 2.85 bits per heavy atom. The number of aliphatic hydroxyl groups is 1. The molecule has 3 heteroatoms. The number of allylic oxidation sites excluding steroid dienone is 1. The molecule has 4 fully saturated rings. The zero-order valence-electron chi connectivity index (χ0n) is 16.6. The van der Waals surface area contributed by atoms with Gasteiger partial charge in [0.15, 0.2) is 5.71 Å². The molecule has 4 saturated carbocycles. The average Bonchev–Trinajstić information content (AvgIpc) is 3.25. The van der Waals surface area contributed by atoms with Crippen LogP contribution in [0.5, 0.6) is 0 Å². The number of rotatable bonds is 2. The Morgan fingerprint density at radius 1 is 1.22 bits per heavy atom. The normalized spacial score (nSPS) is 55.0. The molecule has 3 N–H and O–H groups in total. The van der Waals surface area contributed by atoms with Crippen LogP contribution in [0.3, 0.4) is 0 Å². The molecule has 1 aliphatic heterocycles. The van der Waals surface area contributed by atoms with Gasteiger partial charge in [-0.2, -0.15) is 0 Å². The van der Waals surface area contributed by atoms with E-state index in [0.717, 1.165) is 48.3 Å². The zero-order chi connectivity index (χ0) is 18.4. The highest BCUT2D eigenvalue weighted by Gasteiger charge is 2.77. The molecule has 0 amide bonds. The molecule has 1 heterocycles. The van der Waals surface area contributed by atoms with Gasteiger partial charge in [-0.15, -0.1) is 0 Å². The summed E-state index contributed by atoms with van der Waals surface area (Å²) in [7, 11) is 0. The van der Waals surface area contributed by atoms with E-state index in [1.54, 1.807) is 0 Å². The fourth-order valence-corrected chi connectivity index (χ4v) is 9.05. The van der Waals surface area contributed by atoms with Gasteiger partial charge in [0, 0.05) is 30.4 Å². The predicted octanol–water partition coefficient (Wildman–Crippen LogP) is 2.55. The van der Waals surface area contributed by atoms with Crippen molar-refractivity contribution in [2.24, 2.45) is 46.8 Å². The van der Waals surface area contributed by atoms with Crippen molar-refractivity contribution in [1.82, 2.24) is 0 Å². The standard InChI is InChI=1S/C24H33NO2/c1-2-23-8-6-17-16-5-4-15(25)11-18(16)14(13-26)10-19(17)22(23)20-12-21(20)24(23)7-3-9-27-24/h3,7,11,14,16-17,19-22,25-26H,2,4-6,8-10,12-13H2,1H3/p+1/t14-,16?,17?,19?,20?,21?,22?,23-,24?/m0/s1. The molecule has 3 nitrogen and oxygen atoms in total. The SMILES string of the molecule is CC[C@]12CCC3C4CCC(=[NH2+])C=C4[C@H](CO)CC3C1C1CC1C21C=CCO1. The van der Waals surface area contributed by atoms with Crippen LogP contribution in [0.25, 0.3) is 0 Å². The summed E-state index contributed by atoms with van der Waals surface area (Å²) in [5.74, 6) is 4.99. The molecule has 0 bridgehead atoms. The first-order valence-electron chi connectivity index (χ1n) is 11.4. The van der Waals surface area contributed by atoms with Crippen molar-refractivity contribution < 1.29 is 15.3 Å². The van der Waals surface area contributed by atoms with Crippen LogP contribution in [0.1, 0.15) is 51.9 Å². The van der Waals surface area contributed by atoms with Crippen LogP contribution in [-0.4, -0.2) is 29.6 Å². The number of fused-ring (bicyclic) bond motifs is 9. The summed E-state index contributed by atoms with van der Waals surface area (Å²) in [6.45, 7) is 3.53. The van der Waals surface area contributed by atoms with Crippen LogP contribution in [0.4, 0.5) is 0 Å². The Labute approximate surface area is 162 Å². The van der Waals surface area contributed by atoms with E-state index < -0.39 is 0 Å².